The van der Waals surface area contributed by atoms with E-state index in [2.05, 4.69) is 17.1 Å². The highest BCUT2D eigenvalue weighted by molar-refractivity contribution is 5.87. The van der Waals surface area contributed by atoms with E-state index in [1.807, 2.05) is 20.8 Å². The van der Waals surface area contributed by atoms with Gasteiger partial charge in [0.25, 0.3) is 0 Å². The molecule has 1 saturated carbocycles. The second-order valence-corrected chi connectivity index (χ2v) is 6.66. The number of ketones is 1. The number of nitrogens with zero attached hydrogens (tertiary/aromatic N) is 1. The molecule has 2 N–H and O–H groups in total. The van der Waals surface area contributed by atoms with E-state index in [1.54, 1.807) is 0 Å². The Balaban J connectivity index is 2.23. The van der Waals surface area contributed by atoms with Gasteiger partial charge in [-0.1, -0.05) is 27.7 Å². The van der Waals surface area contributed by atoms with Crippen molar-refractivity contribution in [3.8, 4) is 0 Å². The topological polar surface area (TPSA) is 69.6 Å². The van der Waals surface area contributed by atoms with Gasteiger partial charge in [-0.3, -0.25) is 9.69 Å². The van der Waals surface area contributed by atoms with Crippen LogP contribution in [0.2, 0.25) is 0 Å². The molecule has 2 fully saturated rings. The lowest BCUT2D eigenvalue weighted by Crippen LogP contribution is -2.54. The molecule has 1 amide bonds. The minimum Gasteiger partial charge on any atom is -0.465 e. The van der Waals surface area contributed by atoms with Gasteiger partial charge in [0.15, 0.2) is 5.78 Å². The number of hydrogen-bond donors (Lipinski definition) is 2. The fourth-order valence-corrected chi connectivity index (χ4v) is 3.83. The molecule has 4 atom stereocenters. The summed E-state index contributed by atoms with van der Waals surface area (Å²) in [5.74, 6) is 0.827. The standard InChI is InChI=1S/C15H26N2O3/c1-5-11(16-14(19)20)17-7-6-15(8-10(15)4)13(17)12(18)9(2)3/h9-11,13,16H,5-8H2,1-4H3,(H,19,20)/t10-,11?,13-,15?/m1/s1. The lowest BCUT2D eigenvalue weighted by molar-refractivity contribution is -0.129. The fraction of sp³-hybridized carbons (Fsp3) is 0.867. The minimum atomic E-state index is -1.02. The number of carbonyl (C=O) groups is 2. The molecule has 2 unspecified atom stereocenters. The largest absolute Gasteiger partial charge is 0.465 e. The Morgan fingerprint density at radius 3 is 2.45 bits per heavy atom. The van der Waals surface area contributed by atoms with Crippen LogP contribution in [0.3, 0.4) is 0 Å². The van der Waals surface area contributed by atoms with Gasteiger partial charge >= 0.3 is 6.09 Å². The summed E-state index contributed by atoms with van der Waals surface area (Å²) < 4.78 is 0. The first-order chi connectivity index (χ1) is 9.33. The van der Waals surface area contributed by atoms with E-state index < -0.39 is 6.09 Å². The number of carbonyl (C=O) groups excluding carboxylic acids is 1. The van der Waals surface area contributed by atoms with Crippen molar-refractivity contribution in [2.75, 3.05) is 6.54 Å². The maximum absolute atomic E-state index is 12.6. The van der Waals surface area contributed by atoms with E-state index in [1.165, 1.54) is 0 Å². The van der Waals surface area contributed by atoms with E-state index in [0.29, 0.717) is 12.3 Å². The van der Waals surface area contributed by atoms with Crippen molar-refractivity contribution >= 4 is 11.9 Å². The summed E-state index contributed by atoms with van der Waals surface area (Å²) in [6, 6.07) is -0.116. The van der Waals surface area contributed by atoms with Gasteiger partial charge in [-0.15, -0.1) is 0 Å². The first-order valence-corrected chi connectivity index (χ1v) is 7.62. The molecule has 1 aliphatic carbocycles. The number of hydrogen-bond acceptors (Lipinski definition) is 3. The molecule has 0 radical (unpaired) electrons. The summed E-state index contributed by atoms with van der Waals surface area (Å²) in [5, 5.41) is 11.6. The van der Waals surface area contributed by atoms with E-state index in [0.717, 1.165) is 19.4 Å². The number of rotatable bonds is 5. The molecule has 0 aromatic heterocycles. The summed E-state index contributed by atoms with van der Waals surface area (Å²) in [4.78, 5) is 25.7. The van der Waals surface area contributed by atoms with Crippen LogP contribution in [0.25, 0.3) is 0 Å². The smallest absolute Gasteiger partial charge is 0.405 e. The Morgan fingerprint density at radius 1 is 1.45 bits per heavy atom. The molecule has 1 saturated heterocycles. The summed E-state index contributed by atoms with van der Waals surface area (Å²) in [7, 11) is 0. The highest BCUT2D eigenvalue weighted by atomic mass is 16.4. The van der Waals surface area contributed by atoms with Gasteiger partial charge in [0, 0.05) is 12.5 Å². The van der Waals surface area contributed by atoms with E-state index in [4.69, 9.17) is 5.11 Å². The van der Waals surface area contributed by atoms with Crippen LogP contribution in [0.1, 0.15) is 47.0 Å². The molecule has 0 aromatic carbocycles. The number of nitrogens with one attached hydrogen (secondary N) is 1. The van der Waals surface area contributed by atoms with Gasteiger partial charge in [0.05, 0.1) is 12.2 Å². The average molecular weight is 282 g/mol. The highest BCUT2D eigenvalue weighted by Gasteiger charge is 2.64. The molecule has 1 spiro atoms. The molecule has 2 aliphatic rings. The third kappa shape index (κ3) is 2.43. The molecule has 0 bridgehead atoms. The van der Waals surface area contributed by atoms with Gasteiger partial charge in [-0.25, -0.2) is 4.79 Å². The van der Waals surface area contributed by atoms with Crippen LogP contribution in [-0.2, 0) is 4.79 Å². The Morgan fingerprint density at radius 2 is 2.05 bits per heavy atom. The highest BCUT2D eigenvalue weighted by Crippen LogP contribution is 2.62. The van der Waals surface area contributed by atoms with Gasteiger partial charge < -0.3 is 10.4 Å². The molecule has 5 nitrogen and oxygen atoms in total. The minimum absolute atomic E-state index is 0.00684. The van der Waals surface area contributed by atoms with Crippen LogP contribution >= 0.6 is 0 Å². The Labute approximate surface area is 120 Å². The third-order valence-electron chi connectivity index (χ3n) is 5.13. The summed E-state index contributed by atoms with van der Waals surface area (Å²) in [5.41, 5.74) is 0.106. The first-order valence-electron chi connectivity index (χ1n) is 7.62. The van der Waals surface area contributed by atoms with Crippen LogP contribution in [0.4, 0.5) is 4.79 Å². The zero-order chi connectivity index (χ0) is 15.1. The first kappa shape index (κ1) is 15.3. The SMILES string of the molecule is CCC(NC(=O)O)N1CCC2(C[C@H]2C)[C@H]1C(=O)C(C)C. The van der Waals surface area contributed by atoms with E-state index >= 15 is 0 Å². The van der Waals surface area contributed by atoms with Crippen LogP contribution in [0, 0.1) is 17.3 Å². The van der Waals surface area contributed by atoms with E-state index in [9.17, 15) is 9.59 Å². The predicted octanol–water partition coefficient (Wildman–Crippen LogP) is 2.32. The van der Waals surface area contributed by atoms with Gasteiger partial charge in [0.1, 0.15) is 0 Å². The maximum atomic E-state index is 12.6. The second kappa shape index (κ2) is 5.35. The number of Topliss-reactive ketones (excluding diaryl/α,β-unsaturated/α-hetero) is 1. The third-order valence-corrected chi connectivity index (χ3v) is 5.13. The monoisotopic (exact) mass is 282 g/mol. The van der Waals surface area contributed by atoms with Crippen molar-refractivity contribution < 1.29 is 14.7 Å². The molecule has 0 aromatic rings. The van der Waals surface area contributed by atoms with Gasteiger partial charge in [-0.2, -0.15) is 0 Å². The summed E-state index contributed by atoms with van der Waals surface area (Å²) >= 11 is 0. The van der Waals surface area contributed by atoms with Crippen molar-refractivity contribution in [2.24, 2.45) is 17.3 Å². The molecule has 114 valence electrons. The van der Waals surface area contributed by atoms with Gasteiger partial charge in [-0.05, 0) is 30.6 Å². The van der Waals surface area contributed by atoms with Crippen LogP contribution in [0.5, 0.6) is 0 Å². The quantitative estimate of drug-likeness (QED) is 0.812. The summed E-state index contributed by atoms with van der Waals surface area (Å²) in [6.07, 6.45) is 1.51. The van der Waals surface area contributed by atoms with Crippen LogP contribution in [0.15, 0.2) is 0 Å². The Bertz CT molecular complexity index is 410. The maximum Gasteiger partial charge on any atom is 0.405 e. The number of amides is 1. The average Bonchev–Trinajstić information content (AvgIpc) is 2.85. The number of carboxylic acid groups (broad SMARTS) is 1. The molecule has 5 heteroatoms. The molecular weight excluding hydrogens is 256 g/mol. The molecule has 20 heavy (non-hydrogen) atoms. The Kier molecular flexibility index (Phi) is 4.09. The zero-order valence-electron chi connectivity index (χ0n) is 12.8. The fourth-order valence-electron chi connectivity index (χ4n) is 3.83. The predicted molar refractivity (Wildman–Crippen MR) is 76.4 cm³/mol. The van der Waals surface area contributed by atoms with Crippen molar-refractivity contribution in [2.45, 2.75) is 59.2 Å². The molecular formula is C15H26N2O3. The zero-order valence-corrected chi connectivity index (χ0v) is 12.8. The number of likely N-dealkylation sites (tertiary alicyclic amines) is 1. The van der Waals surface area contributed by atoms with Crippen molar-refractivity contribution in [3.05, 3.63) is 0 Å². The van der Waals surface area contributed by atoms with Crippen molar-refractivity contribution in [3.63, 3.8) is 0 Å². The normalized spacial score (nSPS) is 34.5. The van der Waals surface area contributed by atoms with Crippen molar-refractivity contribution in [1.82, 2.24) is 10.2 Å². The summed E-state index contributed by atoms with van der Waals surface area (Å²) in [6.45, 7) is 8.84. The van der Waals surface area contributed by atoms with Crippen LogP contribution in [-0.4, -0.2) is 40.6 Å². The lowest BCUT2D eigenvalue weighted by Gasteiger charge is -2.34. The van der Waals surface area contributed by atoms with Crippen molar-refractivity contribution in [1.29, 1.82) is 0 Å². The molecule has 1 aliphatic heterocycles. The Hall–Kier alpha value is -1.10. The van der Waals surface area contributed by atoms with Crippen LogP contribution < -0.4 is 5.32 Å². The van der Waals surface area contributed by atoms with Gasteiger partial charge in [0.2, 0.25) is 0 Å². The van der Waals surface area contributed by atoms with E-state index in [-0.39, 0.29) is 29.3 Å². The lowest BCUT2D eigenvalue weighted by atomic mass is 9.86. The second-order valence-electron chi connectivity index (χ2n) is 6.66. The molecule has 2 rings (SSSR count). The molecule has 1 heterocycles.